The van der Waals surface area contributed by atoms with E-state index in [9.17, 15) is 9.59 Å². The first-order valence-electron chi connectivity index (χ1n) is 7.72. The van der Waals surface area contributed by atoms with Crippen LogP contribution in [-0.2, 0) is 20.9 Å². The Labute approximate surface area is 135 Å². The molecule has 5 nitrogen and oxygen atoms in total. The molecule has 2 aliphatic rings. The highest BCUT2D eigenvalue weighted by molar-refractivity contribution is 6.38. The first kappa shape index (κ1) is 15.5. The third-order valence-corrected chi connectivity index (χ3v) is 4.45. The summed E-state index contributed by atoms with van der Waals surface area (Å²) in [5, 5.41) is 0. The van der Waals surface area contributed by atoms with Gasteiger partial charge in [0.25, 0.3) is 0 Å². The third-order valence-electron chi connectivity index (χ3n) is 4.45. The van der Waals surface area contributed by atoms with Crippen molar-refractivity contribution in [3.63, 3.8) is 0 Å². The van der Waals surface area contributed by atoms with Crippen molar-refractivity contribution < 1.29 is 19.1 Å². The molecule has 0 saturated heterocycles. The number of benzene rings is 1. The second kappa shape index (κ2) is 6.77. The normalized spacial score (nSPS) is 24.9. The van der Waals surface area contributed by atoms with Crippen LogP contribution in [0.5, 0.6) is 0 Å². The van der Waals surface area contributed by atoms with E-state index in [4.69, 9.17) is 9.47 Å². The molecule has 1 amide bonds. The zero-order valence-corrected chi connectivity index (χ0v) is 13.0. The van der Waals surface area contributed by atoms with Gasteiger partial charge >= 0.3 is 12.1 Å². The van der Waals surface area contributed by atoms with Gasteiger partial charge in [0.1, 0.15) is 12.3 Å². The van der Waals surface area contributed by atoms with Gasteiger partial charge < -0.3 is 9.47 Å². The summed E-state index contributed by atoms with van der Waals surface area (Å²) < 4.78 is 9.83. The summed E-state index contributed by atoms with van der Waals surface area (Å²) in [7, 11) is 1.29. The van der Waals surface area contributed by atoms with E-state index in [-0.39, 0.29) is 12.3 Å². The molecular formula is C18H19NO4. The number of carbonyl (C=O) groups is 2. The Hall–Kier alpha value is -2.43. The van der Waals surface area contributed by atoms with Gasteiger partial charge in [-0.1, -0.05) is 42.5 Å². The first-order chi connectivity index (χ1) is 11.2. The lowest BCUT2D eigenvalue weighted by Gasteiger charge is -2.06. The lowest BCUT2D eigenvalue weighted by atomic mass is 10.1. The molecule has 1 aromatic carbocycles. The highest BCUT2D eigenvalue weighted by atomic mass is 16.5. The number of amides is 1. The maximum absolute atomic E-state index is 11.9. The summed E-state index contributed by atoms with van der Waals surface area (Å²) in [4.78, 5) is 27.5. The Morgan fingerprint density at radius 2 is 2.04 bits per heavy atom. The molecule has 1 saturated carbocycles. The van der Waals surface area contributed by atoms with Crippen molar-refractivity contribution in [3.8, 4) is 0 Å². The van der Waals surface area contributed by atoms with E-state index >= 15 is 0 Å². The van der Waals surface area contributed by atoms with Crippen LogP contribution in [0.2, 0.25) is 0 Å². The third kappa shape index (κ3) is 3.67. The van der Waals surface area contributed by atoms with Crippen LogP contribution < -0.4 is 0 Å². The van der Waals surface area contributed by atoms with Crippen LogP contribution in [0.1, 0.15) is 18.4 Å². The van der Waals surface area contributed by atoms with Crippen LogP contribution in [0.3, 0.4) is 0 Å². The van der Waals surface area contributed by atoms with Crippen LogP contribution in [0.15, 0.2) is 47.5 Å². The van der Waals surface area contributed by atoms with Gasteiger partial charge in [-0.2, -0.15) is 4.99 Å². The maximum atomic E-state index is 11.9. The minimum Gasteiger partial charge on any atom is -0.465 e. The highest BCUT2D eigenvalue weighted by Gasteiger charge is 2.50. The first-order valence-corrected chi connectivity index (χ1v) is 7.72. The van der Waals surface area contributed by atoms with Gasteiger partial charge in [0.15, 0.2) is 0 Å². The Bertz CT molecular complexity index is 650. The lowest BCUT2D eigenvalue weighted by Crippen LogP contribution is -2.19. The molecule has 1 aromatic rings. The van der Waals surface area contributed by atoms with E-state index in [1.807, 2.05) is 30.3 Å². The molecule has 0 radical (unpaired) electrons. The van der Waals surface area contributed by atoms with E-state index < -0.39 is 12.1 Å². The quantitative estimate of drug-likeness (QED) is 0.476. The van der Waals surface area contributed by atoms with Crippen molar-refractivity contribution in [1.29, 1.82) is 0 Å². The number of rotatable bonds is 5. The molecule has 1 fully saturated rings. The summed E-state index contributed by atoms with van der Waals surface area (Å²) in [5.74, 6) is 0.936. The number of ether oxygens (including phenoxy) is 2. The Kier molecular flexibility index (Phi) is 4.55. The van der Waals surface area contributed by atoms with Crippen molar-refractivity contribution in [2.75, 3.05) is 7.11 Å². The number of nitrogens with zero attached hydrogens (tertiary/aromatic N) is 1. The van der Waals surface area contributed by atoms with Gasteiger partial charge in [-0.25, -0.2) is 9.59 Å². The number of methoxy groups -OCH3 is 1. The summed E-state index contributed by atoms with van der Waals surface area (Å²) in [6.45, 7) is 0.134. The second-order valence-electron chi connectivity index (χ2n) is 5.86. The van der Waals surface area contributed by atoms with Crippen molar-refractivity contribution in [1.82, 2.24) is 0 Å². The average molecular weight is 313 g/mol. The van der Waals surface area contributed by atoms with Crippen LogP contribution in [-0.4, -0.2) is 24.9 Å². The van der Waals surface area contributed by atoms with Crippen molar-refractivity contribution in [3.05, 3.63) is 48.0 Å². The van der Waals surface area contributed by atoms with Gasteiger partial charge in [-0.3, -0.25) is 0 Å². The SMILES string of the molecule is COC(=O)C(C[C@@H]1[C@H]2C=CC[C@H]21)=NC(=O)OCc1ccccc1. The predicted octanol–water partition coefficient (Wildman–Crippen LogP) is 3.15. The smallest absolute Gasteiger partial charge is 0.434 e. The number of allylic oxidation sites excluding steroid dienone is 2. The van der Waals surface area contributed by atoms with Gasteiger partial charge in [-0.05, 0) is 29.7 Å². The molecule has 0 aromatic heterocycles. The van der Waals surface area contributed by atoms with E-state index in [0.717, 1.165) is 12.0 Å². The molecule has 0 aliphatic heterocycles. The molecule has 0 bridgehead atoms. The minimum absolute atomic E-state index is 0.134. The topological polar surface area (TPSA) is 65.0 Å². The fourth-order valence-electron chi connectivity index (χ4n) is 3.15. The Balaban J connectivity index is 1.59. The van der Waals surface area contributed by atoms with Crippen LogP contribution >= 0.6 is 0 Å². The fraction of sp³-hybridized carbons (Fsp3) is 0.389. The maximum Gasteiger partial charge on any atom is 0.434 e. The second-order valence-corrected chi connectivity index (χ2v) is 5.86. The Morgan fingerprint density at radius 3 is 2.70 bits per heavy atom. The number of fused-ring (bicyclic) bond motifs is 1. The molecule has 23 heavy (non-hydrogen) atoms. The number of aliphatic imine (C=N–C) groups is 1. The largest absolute Gasteiger partial charge is 0.465 e. The van der Waals surface area contributed by atoms with Gasteiger partial charge in [0.2, 0.25) is 0 Å². The molecule has 5 heteroatoms. The van der Waals surface area contributed by atoms with Crippen LogP contribution in [0.25, 0.3) is 0 Å². The predicted molar refractivity (Wildman–Crippen MR) is 84.9 cm³/mol. The van der Waals surface area contributed by atoms with Gasteiger partial charge in [0.05, 0.1) is 7.11 Å². The standard InChI is InChI=1S/C18H19NO4/c1-22-17(20)16(10-15-13-8-5-9-14(13)15)19-18(21)23-11-12-6-3-2-4-7-12/h2-8,13-15H,9-11H2,1H3/t13-,14+,15+/m0/s1. The summed E-state index contributed by atoms with van der Waals surface area (Å²) >= 11 is 0. The highest BCUT2D eigenvalue weighted by Crippen LogP contribution is 2.55. The van der Waals surface area contributed by atoms with Crippen molar-refractivity contribution in [2.24, 2.45) is 22.7 Å². The van der Waals surface area contributed by atoms with E-state index in [0.29, 0.717) is 24.2 Å². The minimum atomic E-state index is -0.754. The van der Waals surface area contributed by atoms with E-state index in [2.05, 4.69) is 17.1 Å². The number of esters is 1. The zero-order chi connectivity index (χ0) is 16.2. The van der Waals surface area contributed by atoms with Gasteiger partial charge in [-0.15, -0.1) is 0 Å². The van der Waals surface area contributed by atoms with E-state index in [1.54, 1.807) is 0 Å². The molecule has 3 rings (SSSR count). The number of hydrogen-bond donors (Lipinski definition) is 0. The van der Waals surface area contributed by atoms with Gasteiger partial charge in [0, 0.05) is 6.42 Å². The van der Waals surface area contributed by atoms with Crippen molar-refractivity contribution >= 4 is 17.8 Å². The molecule has 0 spiro atoms. The van der Waals surface area contributed by atoms with Crippen LogP contribution in [0, 0.1) is 17.8 Å². The summed E-state index contributed by atoms with van der Waals surface area (Å²) in [5.41, 5.74) is 1.02. The zero-order valence-electron chi connectivity index (χ0n) is 13.0. The molecule has 0 N–H and O–H groups in total. The summed E-state index contributed by atoms with van der Waals surface area (Å²) in [6.07, 6.45) is 5.10. The van der Waals surface area contributed by atoms with E-state index in [1.165, 1.54) is 7.11 Å². The molecule has 3 atom stereocenters. The number of carbonyl (C=O) groups excluding carboxylic acids is 2. The van der Waals surface area contributed by atoms with Crippen molar-refractivity contribution in [2.45, 2.75) is 19.4 Å². The lowest BCUT2D eigenvalue weighted by molar-refractivity contribution is -0.132. The van der Waals surface area contributed by atoms with Crippen LogP contribution in [0.4, 0.5) is 4.79 Å². The molecule has 120 valence electrons. The number of hydrogen-bond acceptors (Lipinski definition) is 4. The molecule has 0 heterocycles. The molecular weight excluding hydrogens is 294 g/mol. The Morgan fingerprint density at radius 1 is 1.26 bits per heavy atom. The molecule has 2 aliphatic carbocycles. The average Bonchev–Trinajstić information content (AvgIpc) is 3.00. The molecule has 0 unspecified atom stereocenters. The monoisotopic (exact) mass is 313 g/mol. The fourth-order valence-corrected chi connectivity index (χ4v) is 3.15. The summed E-state index contributed by atoms with van der Waals surface area (Å²) in [6, 6.07) is 9.34.